The second-order valence-electron chi connectivity index (χ2n) is 4.16. The average Bonchev–Trinajstić information content (AvgIpc) is 2.39. The predicted octanol–water partition coefficient (Wildman–Crippen LogP) is 5.12. The zero-order chi connectivity index (χ0) is 13.8. The number of halogens is 3. The van der Waals surface area contributed by atoms with Crippen molar-refractivity contribution in [2.45, 2.75) is 11.8 Å². The minimum absolute atomic E-state index is 0.289. The Balaban J connectivity index is 2.18. The van der Waals surface area contributed by atoms with E-state index >= 15 is 0 Å². The van der Waals surface area contributed by atoms with Crippen molar-refractivity contribution in [2.75, 3.05) is 7.11 Å². The van der Waals surface area contributed by atoms with E-state index < -0.39 is 5.38 Å². The van der Waals surface area contributed by atoms with E-state index in [9.17, 15) is 4.39 Å². The fourth-order valence-electron chi connectivity index (χ4n) is 1.88. The van der Waals surface area contributed by atoms with E-state index in [-0.39, 0.29) is 5.82 Å². The fourth-order valence-corrected chi connectivity index (χ4v) is 3.03. The average molecular weight is 344 g/mol. The van der Waals surface area contributed by atoms with E-state index in [0.29, 0.717) is 16.5 Å². The minimum atomic E-state index is -0.413. The first-order valence-corrected chi connectivity index (χ1v) is 7.05. The predicted molar refractivity (Wildman–Crippen MR) is 79.4 cm³/mol. The van der Waals surface area contributed by atoms with Crippen molar-refractivity contribution in [3.8, 4) is 5.75 Å². The molecule has 0 fully saturated rings. The van der Waals surface area contributed by atoms with Gasteiger partial charge in [0.1, 0.15) is 11.6 Å². The quantitative estimate of drug-likeness (QED) is 0.700. The van der Waals surface area contributed by atoms with Gasteiger partial charge in [0.25, 0.3) is 0 Å². The van der Waals surface area contributed by atoms with Crippen LogP contribution in [0, 0.1) is 5.82 Å². The molecule has 1 nitrogen and oxygen atoms in total. The molecule has 0 saturated carbocycles. The van der Waals surface area contributed by atoms with Crippen LogP contribution in [0.25, 0.3) is 0 Å². The number of ether oxygens (including phenoxy) is 1. The van der Waals surface area contributed by atoms with E-state index in [0.717, 1.165) is 11.3 Å². The van der Waals surface area contributed by atoms with Gasteiger partial charge in [0.15, 0.2) is 0 Å². The maximum atomic E-state index is 13.8. The van der Waals surface area contributed by atoms with Gasteiger partial charge in [-0.15, -0.1) is 11.6 Å². The molecule has 2 rings (SSSR count). The highest BCUT2D eigenvalue weighted by Gasteiger charge is 2.16. The summed E-state index contributed by atoms with van der Waals surface area (Å²) in [5, 5.41) is -0.413. The molecule has 0 aliphatic carbocycles. The Morgan fingerprint density at radius 1 is 1.21 bits per heavy atom. The molecule has 100 valence electrons. The zero-order valence-electron chi connectivity index (χ0n) is 10.4. The van der Waals surface area contributed by atoms with Gasteiger partial charge in [-0.25, -0.2) is 4.39 Å². The lowest BCUT2D eigenvalue weighted by Crippen LogP contribution is -2.00. The van der Waals surface area contributed by atoms with Crippen molar-refractivity contribution >= 4 is 27.5 Å². The Labute approximate surface area is 125 Å². The lowest BCUT2D eigenvalue weighted by Gasteiger charge is -2.13. The smallest absolute Gasteiger partial charge is 0.129 e. The van der Waals surface area contributed by atoms with Crippen LogP contribution in [0.5, 0.6) is 5.75 Å². The molecule has 2 aromatic carbocycles. The molecule has 0 aromatic heterocycles. The molecule has 1 unspecified atom stereocenters. The highest BCUT2D eigenvalue weighted by atomic mass is 79.9. The standard InChI is InChI=1S/C15H13BrClFO/c1-19-11-7-5-10(6-8-11)9-13(17)15-12(16)3-2-4-14(15)18/h2-8,13H,9H2,1H3. The van der Waals surface area contributed by atoms with Crippen LogP contribution in [0.4, 0.5) is 4.39 Å². The van der Waals surface area contributed by atoms with Crippen LogP contribution in [0.1, 0.15) is 16.5 Å². The lowest BCUT2D eigenvalue weighted by atomic mass is 10.0. The van der Waals surface area contributed by atoms with Crippen LogP contribution in [0.2, 0.25) is 0 Å². The molecule has 0 bridgehead atoms. The SMILES string of the molecule is COc1ccc(CC(Cl)c2c(F)cccc2Br)cc1. The van der Waals surface area contributed by atoms with Crippen LogP contribution < -0.4 is 4.74 Å². The molecule has 0 saturated heterocycles. The molecule has 0 radical (unpaired) electrons. The summed E-state index contributed by atoms with van der Waals surface area (Å²) < 4.78 is 19.6. The number of benzene rings is 2. The molecule has 0 heterocycles. The molecular formula is C15H13BrClFO. The summed E-state index contributed by atoms with van der Waals surface area (Å²) in [6.07, 6.45) is 0.561. The summed E-state index contributed by atoms with van der Waals surface area (Å²) in [6.45, 7) is 0. The second-order valence-corrected chi connectivity index (χ2v) is 5.54. The summed E-state index contributed by atoms with van der Waals surface area (Å²) in [6, 6.07) is 12.5. The Hall–Kier alpha value is -1.06. The van der Waals surface area contributed by atoms with Gasteiger partial charge in [-0.1, -0.05) is 34.1 Å². The number of rotatable bonds is 4. The van der Waals surface area contributed by atoms with E-state index in [1.165, 1.54) is 6.07 Å². The van der Waals surface area contributed by atoms with Crippen molar-refractivity contribution in [3.63, 3.8) is 0 Å². The van der Waals surface area contributed by atoms with Crippen LogP contribution in [0.15, 0.2) is 46.9 Å². The van der Waals surface area contributed by atoms with Gasteiger partial charge in [0.2, 0.25) is 0 Å². The molecule has 2 aromatic rings. The normalized spacial score (nSPS) is 12.2. The molecule has 1 atom stereocenters. The third kappa shape index (κ3) is 3.48. The van der Waals surface area contributed by atoms with Crippen molar-refractivity contribution in [1.82, 2.24) is 0 Å². The second kappa shape index (κ2) is 6.40. The Morgan fingerprint density at radius 2 is 1.89 bits per heavy atom. The molecule has 0 N–H and O–H groups in total. The fraction of sp³-hybridized carbons (Fsp3) is 0.200. The Kier molecular flexibility index (Phi) is 4.83. The summed E-state index contributed by atoms with van der Waals surface area (Å²) in [5.74, 6) is 0.504. The summed E-state index contributed by atoms with van der Waals surface area (Å²) in [4.78, 5) is 0. The maximum Gasteiger partial charge on any atom is 0.129 e. The van der Waals surface area contributed by atoms with Gasteiger partial charge >= 0.3 is 0 Å². The van der Waals surface area contributed by atoms with Gasteiger partial charge in [-0.2, -0.15) is 0 Å². The molecule has 0 amide bonds. The lowest BCUT2D eigenvalue weighted by molar-refractivity contribution is 0.414. The van der Waals surface area contributed by atoms with E-state index in [1.807, 2.05) is 24.3 Å². The van der Waals surface area contributed by atoms with Crippen molar-refractivity contribution in [2.24, 2.45) is 0 Å². The molecule has 0 aliphatic rings. The summed E-state index contributed by atoms with van der Waals surface area (Å²) >= 11 is 9.66. The highest BCUT2D eigenvalue weighted by molar-refractivity contribution is 9.10. The largest absolute Gasteiger partial charge is 0.497 e. The summed E-state index contributed by atoms with van der Waals surface area (Å²) in [5.41, 5.74) is 1.54. The highest BCUT2D eigenvalue weighted by Crippen LogP contribution is 2.33. The molecule has 19 heavy (non-hydrogen) atoms. The van der Waals surface area contributed by atoms with E-state index in [4.69, 9.17) is 16.3 Å². The van der Waals surface area contributed by atoms with Gasteiger partial charge < -0.3 is 4.74 Å². The first kappa shape index (κ1) is 14.4. The Morgan fingerprint density at radius 3 is 2.47 bits per heavy atom. The van der Waals surface area contributed by atoms with Crippen LogP contribution >= 0.6 is 27.5 Å². The number of hydrogen-bond donors (Lipinski definition) is 0. The summed E-state index contributed by atoms with van der Waals surface area (Å²) in [7, 11) is 1.62. The van der Waals surface area contributed by atoms with Crippen molar-refractivity contribution in [3.05, 3.63) is 63.9 Å². The zero-order valence-corrected chi connectivity index (χ0v) is 12.7. The van der Waals surface area contributed by atoms with Crippen LogP contribution in [-0.4, -0.2) is 7.11 Å². The van der Waals surface area contributed by atoms with Gasteiger partial charge in [-0.3, -0.25) is 0 Å². The Bertz CT molecular complexity index is 536. The number of methoxy groups -OCH3 is 1. The first-order chi connectivity index (χ1) is 9.11. The third-order valence-electron chi connectivity index (χ3n) is 2.89. The van der Waals surface area contributed by atoms with Crippen LogP contribution in [-0.2, 0) is 6.42 Å². The van der Waals surface area contributed by atoms with Gasteiger partial charge in [-0.05, 0) is 36.2 Å². The van der Waals surface area contributed by atoms with Crippen molar-refractivity contribution < 1.29 is 9.13 Å². The number of hydrogen-bond acceptors (Lipinski definition) is 1. The third-order valence-corrected chi connectivity index (χ3v) is 3.95. The molecular weight excluding hydrogens is 331 g/mol. The topological polar surface area (TPSA) is 9.23 Å². The molecule has 4 heteroatoms. The minimum Gasteiger partial charge on any atom is -0.497 e. The van der Waals surface area contributed by atoms with Crippen LogP contribution in [0.3, 0.4) is 0 Å². The van der Waals surface area contributed by atoms with E-state index in [2.05, 4.69) is 15.9 Å². The van der Waals surface area contributed by atoms with Crippen molar-refractivity contribution in [1.29, 1.82) is 0 Å². The monoisotopic (exact) mass is 342 g/mol. The maximum absolute atomic E-state index is 13.8. The van der Waals surface area contributed by atoms with E-state index in [1.54, 1.807) is 19.2 Å². The molecule has 0 spiro atoms. The number of alkyl halides is 1. The first-order valence-electron chi connectivity index (χ1n) is 5.82. The van der Waals surface area contributed by atoms with Gasteiger partial charge in [0, 0.05) is 10.0 Å². The molecule has 0 aliphatic heterocycles. The van der Waals surface area contributed by atoms with Gasteiger partial charge in [0.05, 0.1) is 12.5 Å².